The Kier molecular flexibility index (Phi) is 4.62. The van der Waals surface area contributed by atoms with Crippen molar-refractivity contribution in [3.05, 3.63) is 29.2 Å². The molecule has 1 fully saturated rings. The van der Waals surface area contributed by atoms with Crippen LogP contribution < -0.4 is 5.43 Å². The number of methoxy groups -OCH3 is 1. The van der Waals surface area contributed by atoms with Crippen molar-refractivity contribution in [1.29, 1.82) is 0 Å². The van der Waals surface area contributed by atoms with E-state index in [1.807, 2.05) is 17.6 Å². The van der Waals surface area contributed by atoms with Crippen molar-refractivity contribution >= 4 is 27.5 Å². The van der Waals surface area contributed by atoms with Gasteiger partial charge in [0.15, 0.2) is 5.13 Å². The molecule has 3 aromatic rings. The minimum absolute atomic E-state index is 0.0471. The first-order valence-electron chi connectivity index (χ1n) is 8.24. The Morgan fingerprint density at radius 1 is 1.32 bits per heavy atom. The van der Waals surface area contributed by atoms with Crippen LogP contribution in [0.25, 0.3) is 22.4 Å². The predicted molar refractivity (Wildman–Crippen MR) is 96.9 cm³/mol. The molecule has 3 heterocycles. The number of fused-ring (bicyclic) bond motifs is 1. The first-order chi connectivity index (χ1) is 12.2. The van der Waals surface area contributed by atoms with Gasteiger partial charge in [0.2, 0.25) is 0 Å². The fourth-order valence-corrected chi connectivity index (χ4v) is 3.89. The van der Waals surface area contributed by atoms with Gasteiger partial charge in [-0.1, -0.05) is 0 Å². The van der Waals surface area contributed by atoms with Crippen molar-refractivity contribution in [3.8, 4) is 11.4 Å². The zero-order valence-corrected chi connectivity index (χ0v) is 14.6. The van der Waals surface area contributed by atoms with Crippen LogP contribution in [0.2, 0.25) is 0 Å². The summed E-state index contributed by atoms with van der Waals surface area (Å²) in [6, 6.07) is 1.87. The van der Waals surface area contributed by atoms with E-state index in [-0.39, 0.29) is 12.1 Å². The van der Waals surface area contributed by atoms with Gasteiger partial charge < -0.3 is 20.4 Å². The molecule has 0 radical (unpaired) electrons. The second-order valence-electron chi connectivity index (χ2n) is 6.10. The minimum atomic E-state index is -0.0471. The molecule has 0 saturated heterocycles. The number of aromatic nitrogens is 4. The summed E-state index contributed by atoms with van der Waals surface area (Å²) in [5.41, 5.74) is 5.13. The summed E-state index contributed by atoms with van der Waals surface area (Å²) in [5.74, 6) is 0. The van der Waals surface area contributed by atoms with Gasteiger partial charge in [0.1, 0.15) is 23.4 Å². The Morgan fingerprint density at radius 2 is 2.16 bits per heavy atom. The van der Waals surface area contributed by atoms with E-state index < -0.39 is 0 Å². The van der Waals surface area contributed by atoms with E-state index in [1.54, 1.807) is 7.11 Å². The minimum Gasteiger partial charge on any atom is -0.767 e. The summed E-state index contributed by atoms with van der Waals surface area (Å²) >= 11 is 1.39. The third-order valence-electron chi connectivity index (χ3n) is 4.62. The number of hydrazine groups is 1. The van der Waals surface area contributed by atoms with Gasteiger partial charge in [-0.15, -0.1) is 11.3 Å². The molecule has 0 unspecified atom stereocenters. The fourth-order valence-electron chi connectivity index (χ4n) is 3.21. The van der Waals surface area contributed by atoms with Crippen LogP contribution in [0.5, 0.6) is 0 Å². The maximum absolute atomic E-state index is 12.4. The van der Waals surface area contributed by atoms with Gasteiger partial charge in [-0.05, 0) is 31.7 Å². The molecule has 1 aliphatic carbocycles. The molecule has 1 saturated carbocycles. The van der Waals surface area contributed by atoms with Crippen LogP contribution in [0.3, 0.4) is 0 Å². The summed E-state index contributed by atoms with van der Waals surface area (Å²) in [6.45, 7) is 0. The van der Waals surface area contributed by atoms with E-state index in [1.165, 1.54) is 17.7 Å². The van der Waals surface area contributed by atoms with Crippen LogP contribution >= 0.6 is 11.3 Å². The van der Waals surface area contributed by atoms with Crippen LogP contribution in [0.15, 0.2) is 24.0 Å². The monoisotopic (exact) mass is 359 g/mol. The normalized spacial score (nSPS) is 21.1. The summed E-state index contributed by atoms with van der Waals surface area (Å²) in [4.78, 5) is 16.1. The number of hydroxylamine groups is 1. The first kappa shape index (κ1) is 16.4. The van der Waals surface area contributed by atoms with Crippen molar-refractivity contribution in [1.82, 2.24) is 25.1 Å². The lowest BCUT2D eigenvalue weighted by Crippen LogP contribution is -2.39. The highest BCUT2D eigenvalue weighted by molar-refractivity contribution is 7.14. The lowest BCUT2D eigenvalue weighted by Gasteiger charge is -2.40. The number of anilines is 1. The zero-order chi connectivity index (χ0) is 17.2. The number of ether oxygens (including phenoxy) is 1. The Balaban J connectivity index is 1.46. The summed E-state index contributed by atoms with van der Waals surface area (Å²) in [5, 5.41) is 16.7. The van der Waals surface area contributed by atoms with Gasteiger partial charge in [0, 0.05) is 30.1 Å². The Hall–Kier alpha value is -2.07. The zero-order valence-electron chi connectivity index (χ0n) is 13.8. The number of hydrogen-bond acceptors (Lipinski definition) is 8. The molecule has 0 bridgehead atoms. The summed E-state index contributed by atoms with van der Waals surface area (Å²) < 4.78 is 5.35. The number of hydrogen-bond donors (Lipinski definition) is 2. The first-order valence-corrected chi connectivity index (χ1v) is 9.12. The third kappa shape index (κ3) is 3.36. The molecular formula is C16H19N6O2S-. The van der Waals surface area contributed by atoms with Crippen LogP contribution in [-0.2, 0) is 4.74 Å². The molecule has 0 spiro atoms. The highest BCUT2D eigenvalue weighted by Crippen LogP contribution is 2.29. The molecule has 0 amide bonds. The SMILES string of the molecule is COC1CCC(N([O-])Nc2nc(-c3ncnc4[nH]ccc34)cs2)CC1. The van der Waals surface area contributed by atoms with Gasteiger partial charge in [-0.25, -0.2) is 15.0 Å². The van der Waals surface area contributed by atoms with E-state index >= 15 is 0 Å². The van der Waals surface area contributed by atoms with Gasteiger partial charge in [0.05, 0.1) is 6.10 Å². The van der Waals surface area contributed by atoms with E-state index in [0.29, 0.717) is 5.13 Å². The topological polar surface area (TPSA) is 102 Å². The summed E-state index contributed by atoms with van der Waals surface area (Å²) in [6.07, 6.45) is 7.08. The van der Waals surface area contributed by atoms with Crippen LogP contribution in [0.4, 0.5) is 5.13 Å². The number of H-pyrrole nitrogens is 1. The number of nitrogens with zero attached hydrogens (tertiary/aromatic N) is 4. The molecular weight excluding hydrogens is 340 g/mol. The van der Waals surface area contributed by atoms with Gasteiger partial charge in [-0.3, -0.25) is 5.17 Å². The highest BCUT2D eigenvalue weighted by atomic mass is 32.1. The van der Waals surface area contributed by atoms with Crippen molar-refractivity contribution in [3.63, 3.8) is 0 Å². The molecule has 3 aromatic heterocycles. The van der Waals surface area contributed by atoms with E-state index in [4.69, 9.17) is 4.74 Å². The number of aromatic amines is 1. The molecule has 1 aliphatic rings. The average molecular weight is 359 g/mol. The van der Waals surface area contributed by atoms with E-state index in [9.17, 15) is 5.21 Å². The molecule has 8 nitrogen and oxygen atoms in total. The fraction of sp³-hybridized carbons (Fsp3) is 0.438. The van der Waals surface area contributed by atoms with Gasteiger partial charge >= 0.3 is 0 Å². The maximum Gasteiger partial charge on any atom is 0.197 e. The largest absolute Gasteiger partial charge is 0.767 e. The quantitative estimate of drug-likeness (QED) is 0.675. The lowest BCUT2D eigenvalue weighted by atomic mass is 9.93. The average Bonchev–Trinajstić information content (AvgIpc) is 3.30. The van der Waals surface area contributed by atoms with E-state index in [0.717, 1.165) is 53.3 Å². The summed E-state index contributed by atoms with van der Waals surface area (Å²) in [7, 11) is 1.73. The van der Waals surface area contributed by atoms with Crippen LogP contribution in [-0.4, -0.2) is 44.4 Å². The molecule has 9 heteroatoms. The Labute approximate surface area is 148 Å². The molecule has 132 valence electrons. The smallest absolute Gasteiger partial charge is 0.197 e. The molecule has 25 heavy (non-hydrogen) atoms. The molecule has 0 atom stereocenters. The number of thiazole rings is 1. The predicted octanol–water partition coefficient (Wildman–Crippen LogP) is 3.17. The van der Waals surface area contributed by atoms with Gasteiger partial charge in [0.25, 0.3) is 0 Å². The molecule has 4 rings (SSSR count). The molecule has 0 aromatic carbocycles. The van der Waals surface area contributed by atoms with Crippen molar-refractivity contribution < 1.29 is 4.74 Å². The maximum atomic E-state index is 12.4. The van der Waals surface area contributed by atoms with Gasteiger partial charge in [-0.2, -0.15) is 0 Å². The third-order valence-corrected chi connectivity index (χ3v) is 5.36. The Morgan fingerprint density at radius 3 is 2.96 bits per heavy atom. The molecule has 0 aliphatic heterocycles. The van der Waals surface area contributed by atoms with Crippen LogP contribution in [0.1, 0.15) is 25.7 Å². The lowest BCUT2D eigenvalue weighted by molar-refractivity contribution is 0.0513. The van der Waals surface area contributed by atoms with Crippen molar-refractivity contribution in [2.24, 2.45) is 0 Å². The second kappa shape index (κ2) is 7.04. The standard InChI is InChI=1S/C16H19N6O2S/c1-24-11-4-2-10(3-5-11)22(23)21-16-20-13(8-25-16)14-12-6-7-17-15(12)19-9-18-14/h6-11H,2-5H2,1H3,(H,20,21)(H,17,18,19)/q-1. The highest BCUT2D eigenvalue weighted by Gasteiger charge is 2.22. The van der Waals surface area contributed by atoms with E-state index in [2.05, 4.69) is 25.4 Å². The molecule has 2 N–H and O–H groups in total. The van der Waals surface area contributed by atoms with Crippen LogP contribution in [0, 0.1) is 5.21 Å². The number of rotatable bonds is 5. The second-order valence-corrected chi connectivity index (χ2v) is 6.96. The number of nitrogens with one attached hydrogen (secondary N) is 2. The Bertz CT molecular complexity index is 842. The van der Waals surface area contributed by atoms with Crippen molar-refractivity contribution in [2.75, 3.05) is 12.5 Å². The van der Waals surface area contributed by atoms with Crippen molar-refractivity contribution in [2.45, 2.75) is 37.8 Å².